The molecular formula is C24H20BrN4O2+. The maximum absolute atomic E-state index is 13.4. The predicted octanol–water partition coefficient (Wildman–Crippen LogP) is 4.62. The lowest BCUT2D eigenvalue weighted by Gasteiger charge is -2.16. The quantitative estimate of drug-likeness (QED) is 0.395. The summed E-state index contributed by atoms with van der Waals surface area (Å²) in [6, 6.07) is 20.6. The van der Waals surface area contributed by atoms with E-state index in [1.54, 1.807) is 42.5 Å². The minimum absolute atomic E-state index is 0.219. The smallest absolute Gasteiger partial charge is 0.316 e. The Kier molecular flexibility index (Phi) is 6.04. The molecule has 2 aromatic heterocycles. The van der Waals surface area contributed by atoms with Crippen LogP contribution in [0.25, 0.3) is 11.3 Å². The van der Waals surface area contributed by atoms with Gasteiger partial charge in [0.25, 0.3) is 0 Å². The fraction of sp³-hybridized carbons (Fsp3) is 0.0833. The number of aromatic nitrogens is 3. The van der Waals surface area contributed by atoms with Crippen molar-refractivity contribution in [3.63, 3.8) is 0 Å². The lowest BCUT2D eigenvalue weighted by Crippen LogP contribution is -2.57. The van der Waals surface area contributed by atoms with Gasteiger partial charge in [0.1, 0.15) is 5.75 Å². The summed E-state index contributed by atoms with van der Waals surface area (Å²) in [5.41, 5.74) is 3.21. The molecule has 0 unspecified atom stereocenters. The van der Waals surface area contributed by atoms with E-state index >= 15 is 0 Å². The number of ether oxygens (including phenoxy) is 1. The molecular weight excluding hydrogens is 456 g/mol. The number of benzene rings is 2. The zero-order valence-corrected chi connectivity index (χ0v) is 18.7. The Morgan fingerprint density at radius 1 is 1.00 bits per heavy atom. The first-order valence-corrected chi connectivity index (χ1v) is 10.4. The predicted molar refractivity (Wildman–Crippen MR) is 122 cm³/mol. The van der Waals surface area contributed by atoms with Crippen LogP contribution in [0, 0.1) is 6.92 Å². The van der Waals surface area contributed by atoms with Crippen molar-refractivity contribution in [1.82, 2.24) is 9.97 Å². The molecule has 6 nitrogen and oxygen atoms in total. The highest BCUT2D eigenvalue weighted by molar-refractivity contribution is 9.10. The Labute approximate surface area is 188 Å². The van der Waals surface area contributed by atoms with Crippen molar-refractivity contribution in [1.29, 1.82) is 0 Å². The number of carbonyl (C=O) groups is 1. The van der Waals surface area contributed by atoms with Crippen LogP contribution >= 0.6 is 15.9 Å². The largest absolute Gasteiger partial charge is 0.497 e. The monoisotopic (exact) mass is 475 g/mol. The van der Waals surface area contributed by atoms with E-state index in [1.165, 1.54) is 5.01 Å². The molecule has 154 valence electrons. The van der Waals surface area contributed by atoms with Crippen LogP contribution in [0.1, 0.15) is 15.9 Å². The summed E-state index contributed by atoms with van der Waals surface area (Å²) in [5.74, 6) is 0.935. The second-order valence-corrected chi connectivity index (χ2v) is 7.59. The SMILES string of the molecule is COc1ccc(-c2cnc(N(C(=O)c3ccc(C)cc3)[n+]3ccccc3)c(Br)n2)cc1. The number of halogens is 1. The van der Waals surface area contributed by atoms with Crippen LogP contribution < -0.4 is 14.4 Å². The fourth-order valence-corrected chi connectivity index (χ4v) is 3.52. The molecule has 0 N–H and O–H groups in total. The fourth-order valence-electron chi connectivity index (χ4n) is 3.05. The lowest BCUT2D eigenvalue weighted by atomic mass is 10.1. The highest BCUT2D eigenvalue weighted by atomic mass is 79.9. The summed E-state index contributed by atoms with van der Waals surface area (Å²) in [5, 5.41) is 1.49. The van der Waals surface area contributed by atoms with Crippen molar-refractivity contribution in [2.75, 3.05) is 12.1 Å². The molecule has 0 fully saturated rings. The molecule has 4 rings (SSSR count). The summed E-state index contributed by atoms with van der Waals surface area (Å²) in [6.45, 7) is 1.98. The number of rotatable bonds is 5. The van der Waals surface area contributed by atoms with E-state index in [-0.39, 0.29) is 5.91 Å². The van der Waals surface area contributed by atoms with E-state index < -0.39 is 0 Å². The number of hydrogen-bond acceptors (Lipinski definition) is 4. The number of pyridine rings is 1. The van der Waals surface area contributed by atoms with Crippen molar-refractivity contribution in [3.8, 4) is 17.0 Å². The topological polar surface area (TPSA) is 59.2 Å². The van der Waals surface area contributed by atoms with Crippen LogP contribution in [0.4, 0.5) is 5.82 Å². The van der Waals surface area contributed by atoms with E-state index in [0.29, 0.717) is 21.7 Å². The van der Waals surface area contributed by atoms with E-state index in [4.69, 9.17) is 4.74 Å². The lowest BCUT2D eigenvalue weighted by molar-refractivity contribution is -0.674. The molecule has 31 heavy (non-hydrogen) atoms. The molecule has 0 atom stereocenters. The second kappa shape index (κ2) is 9.06. The third kappa shape index (κ3) is 4.46. The normalized spacial score (nSPS) is 10.5. The molecule has 2 aromatic carbocycles. The van der Waals surface area contributed by atoms with Gasteiger partial charge in [-0.2, -0.15) is 0 Å². The Hall–Kier alpha value is -3.58. The number of anilines is 1. The maximum Gasteiger partial charge on any atom is 0.316 e. The summed E-state index contributed by atoms with van der Waals surface area (Å²) in [6.07, 6.45) is 5.23. The van der Waals surface area contributed by atoms with Crippen LogP contribution in [-0.4, -0.2) is 23.0 Å². The Bertz CT molecular complexity index is 1200. The van der Waals surface area contributed by atoms with Crippen molar-refractivity contribution >= 4 is 27.7 Å². The molecule has 0 saturated heterocycles. The molecule has 0 spiro atoms. The van der Waals surface area contributed by atoms with Crippen LogP contribution in [0.15, 0.2) is 89.9 Å². The molecule has 1 amide bonds. The van der Waals surface area contributed by atoms with Gasteiger partial charge in [-0.1, -0.05) is 33.4 Å². The first-order valence-electron chi connectivity index (χ1n) is 9.61. The molecule has 0 bridgehead atoms. The van der Waals surface area contributed by atoms with Gasteiger partial charge in [0.15, 0.2) is 4.60 Å². The van der Waals surface area contributed by atoms with Gasteiger partial charge in [-0.25, -0.2) is 9.97 Å². The zero-order valence-electron chi connectivity index (χ0n) is 17.1. The second-order valence-electron chi connectivity index (χ2n) is 6.84. The zero-order chi connectivity index (χ0) is 21.8. The maximum atomic E-state index is 13.4. The molecule has 2 heterocycles. The third-order valence-electron chi connectivity index (χ3n) is 4.72. The summed E-state index contributed by atoms with van der Waals surface area (Å²) in [4.78, 5) is 22.7. The average Bonchev–Trinajstić information content (AvgIpc) is 2.81. The molecule has 0 saturated carbocycles. The third-order valence-corrected chi connectivity index (χ3v) is 5.25. The number of methoxy groups -OCH3 is 1. The van der Waals surface area contributed by atoms with Crippen LogP contribution in [-0.2, 0) is 0 Å². The van der Waals surface area contributed by atoms with E-state index in [1.807, 2.05) is 61.5 Å². The van der Waals surface area contributed by atoms with Crippen LogP contribution in [0.2, 0.25) is 0 Å². The van der Waals surface area contributed by atoms with Crippen molar-refractivity contribution in [2.24, 2.45) is 0 Å². The van der Waals surface area contributed by atoms with Crippen LogP contribution in [0.5, 0.6) is 5.75 Å². The molecule has 0 aliphatic rings. The van der Waals surface area contributed by atoms with Gasteiger partial charge in [-0.3, -0.25) is 4.79 Å². The van der Waals surface area contributed by atoms with Gasteiger partial charge in [0, 0.05) is 23.3 Å². The molecule has 0 aliphatic carbocycles. The highest BCUT2D eigenvalue weighted by Crippen LogP contribution is 2.27. The number of carbonyl (C=O) groups excluding carboxylic acids is 1. The van der Waals surface area contributed by atoms with Gasteiger partial charge < -0.3 is 4.74 Å². The number of hydrogen-bond donors (Lipinski definition) is 0. The average molecular weight is 476 g/mol. The molecule has 0 aliphatic heterocycles. The number of aryl methyl sites for hydroxylation is 1. The van der Waals surface area contributed by atoms with Gasteiger partial charge >= 0.3 is 5.91 Å². The van der Waals surface area contributed by atoms with Gasteiger partial charge in [-0.05, 0) is 59.3 Å². The van der Waals surface area contributed by atoms with Gasteiger partial charge in [0.05, 0.1) is 19.0 Å². The first kappa shape index (κ1) is 20.7. The minimum atomic E-state index is -0.219. The van der Waals surface area contributed by atoms with Crippen molar-refractivity contribution in [2.45, 2.75) is 6.92 Å². The highest BCUT2D eigenvalue weighted by Gasteiger charge is 2.30. The summed E-state index contributed by atoms with van der Waals surface area (Å²) >= 11 is 3.52. The molecule has 0 radical (unpaired) electrons. The van der Waals surface area contributed by atoms with Crippen molar-refractivity contribution < 1.29 is 14.2 Å². The minimum Gasteiger partial charge on any atom is -0.497 e. The van der Waals surface area contributed by atoms with E-state index in [9.17, 15) is 4.79 Å². The first-order chi connectivity index (χ1) is 15.1. The van der Waals surface area contributed by atoms with Crippen molar-refractivity contribution in [3.05, 3.63) is 101 Å². The Balaban J connectivity index is 1.76. The van der Waals surface area contributed by atoms with Gasteiger partial charge in [0.2, 0.25) is 18.2 Å². The van der Waals surface area contributed by atoms with E-state index in [2.05, 4.69) is 25.9 Å². The number of nitrogens with zero attached hydrogens (tertiary/aromatic N) is 4. The standard InChI is InChI=1S/C24H20BrN4O2/c1-17-6-8-19(9-7-17)24(30)29(28-14-4-3-5-15-28)23-22(25)27-21(16-26-23)18-10-12-20(31-2)13-11-18/h3-16H,1-2H3/q+1. The van der Waals surface area contributed by atoms with Crippen LogP contribution in [0.3, 0.4) is 0 Å². The Morgan fingerprint density at radius 2 is 1.68 bits per heavy atom. The molecule has 7 heteroatoms. The summed E-state index contributed by atoms with van der Waals surface area (Å²) < 4.78 is 7.35. The Morgan fingerprint density at radius 3 is 2.29 bits per heavy atom. The van der Waals surface area contributed by atoms with E-state index in [0.717, 1.165) is 16.9 Å². The van der Waals surface area contributed by atoms with Gasteiger partial charge in [-0.15, -0.1) is 0 Å². The summed E-state index contributed by atoms with van der Waals surface area (Å²) in [7, 11) is 1.63. The molecule has 4 aromatic rings. The number of amides is 1.